The van der Waals surface area contributed by atoms with Crippen LogP contribution < -0.4 is 20.3 Å². The van der Waals surface area contributed by atoms with Crippen molar-refractivity contribution >= 4 is 66.3 Å². The summed E-state index contributed by atoms with van der Waals surface area (Å²) in [5, 5.41) is 7.17. The summed E-state index contributed by atoms with van der Waals surface area (Å²) in [6, 6.07) is 23.2. The number of piperidine rings is 1. The molecule has 0 saturated carbocycles. The van der Waals surface area contributed by atoms with Gasteiger partial charge in [-0.2, -0.15) is 0 Å². The van der Waals surface area contributed by atoms with Gasteiger partial charge >= 0.3 is 0 Å². The Labute approximate surface area is 301 Å². The van der Waals surface area contributed by atoms with E-state index in [1.54, 1.807) is 0 Å². The Bertz CT molecular complexity index is 1460. The first kappa shape index (κ1) is 38.7. The SMILES string of the molecule is CN1CCCC(Oc2ccccc2N2CCN(C(=O)C(Cc3ccc(Cl)cc3)NC(=O)CC3NCc4ccccc43)CC2)C1.Cl.Cl.Cl. The Balaban J connectivity index is 0.00000200. The molecule has 0 aromatic heterocycles. The lowest BCUT2D eigenvalue weighted by Crippen LogP contribution is -2.55. The number of likely N-dealkylation sites (tertiary alicyclic amines) is 1. The first-order valence-corrected chi connectivity index (χ1v) is 16.1. The molecule has 0 bridgehead atoms. The summed E-state index contributed by atoms with van der Waals surface area (Å²) in [5.74, 6) is 0.717. The fourth-order valence-electron chi connectivity index (χ4n) is 6.66. The normalized spacial score (nSPS) is 19.7. The fraction of sp³-hybridized carbons (Fsp3) is 0.429. The zero-order chi connectivity index (χ0) is 30.5. The predicted octanol–water partition coefficient (Wildman–Crippen LogP) is 5.69. The number of hydrogen-bond acceptors (Lipinski definition) is 6. The molecule has 2 saturated heterocycles. The van der Waals surface area contributed by atoms with Gasteiger partial charge in [0.1, 0.15) is 17.9 Å². The number of hydrogen-bond donors (Lipinski definition) is 2. The summed E-state index contributed by atoms with van der Waals surface area (Å²) >= 11 is 6.12. The number of rotatable bonds is 9. The quantitative estimate of drug-likeness (QED) is 0.296. The number of benzene rings is 3. The Kier molecular flexibility index (Phi) is 15.0. The molecule has 0 radical (unpaired) electrons. The van der Waals surface area contributed by atoms with E-state index in [0.717, 1.165) is 55.0 Å². The van der Waals surface area contributed by atoms with Gasteiger partial charge in [0.25, 0.3) is 0 Å². The van der Waals surface area contributed by atoms with E-state index in [-0.39, 0.29) is 67.6 Å². The number of nitrogens with zero attached hydrogens (tertiary/aromatic N) is 3. The number of carbonyl (C=O) groups is 2. The standard InChI is InChI=1S/C35H42ClN5O3.3ClH/c1-39-16-6-8-28(24-39)44-33-11-5-4-10-32(33)40-17-19-41(20-18-40)35(43)31(21-25-12-14-27(36)15-13-25)38-34(42)22-30-29-9-3-2-7-26(29)23-37-30;;;/h2-5,7,9-15,28,30-31,37H,6,8,16-24H2,1H3,(H,38,42);3*1H. The third-order valence-electron chi connectivity index (χ3n) is 9.02. The summed E-state index contributed by atoms with van der Waals surface area (Å²) in [4.78, 5) is 33.8. The molecule has 0 spiro atoms. The van der Waals surface area contributed by atoms with E-state index < -0.39 is 6.04 Å². The van der Waals surface area contributed by atoms with Crippen LogP contribution in [0.2, 0.25) is 5.02 Å². The maximum Gasteiger partial charge on any atom is 0.245 e. The second kappa shape index (κ2) is 18.2. The molecule has 256 valence electrons. The van der Waals surface area contributed by atoms with E-state index in [9.17, 15) is 9.59 Å². The second-order valence-corrected chi connectivity index (χ2v) is 12.6. The minimum Gasteiger partial charge on any atom is -0.487 e. The number of anilines is 1. The summed E-state index contributed by atoms with van der Waals surface area (Å²) in [6.45, 7) is 5.33. The van der Waals surface area contributed by atoms with Crippen LogP contribution in [0.4, 0.5) is 5.69 Å². The van der Waals surface area contributed by atoms with Crippen LogP contribution in [-0.4, -0.2) is 80.1 Å². The number of piperazine rings is 1. The molecule has 3 aliphatic rings. The first-order valence-electron chi connectivity index (χ1n) is 15.8. The van der Waals surface area contributed by atoms with Gasteiger partial charge in [0, 0.05) is 63.2 Å². The average Bonchev–Trinajstić information content (AvgIpc) is 3.44. The minimum atomic E-state index is -0.661. The predicted molar refractivity (Wildman–Crippen MR) is 196 cm³/mol. The van der Waals surface area contributed by atoms with Crippen LogP contribution in [0.5, 0.6) is 5.75 Å². The fourth-order valence-corrected chi connectivity index (χ4v) is 6.78. The van der Waals surface area contributed by atoms with Crippen molar-refractivity contribution in [1.29, 1.82) is 0 Å². The van der Waals surface area contributed by atoms with E-state index in [0.29, 0.717) is 37.6 Å². The number of ether oxygens (including phenoxy) is 1. The van der Waals surface area contributed by atoms with Crippen LogP contribution in [-0.2, 0) is 22.6 Å². The molecular formula is C35H45Cl4N5O3. The Hall–Kier alpha value is -2.72. The molecule has 3 aliphatic heterocycles. The van der Waals surface area contributed by atoms with Crippen LogP contribution in [0.3, 0.4) is 0 Å². The maximum atomic E-state index is 14.0. The topological polar surface area (TPSA) is 77.2 Å². The zero-order valence-corrected chi connectivity index (χ0v) is 29.8. The molecular weight excluding hydrogens is 680 g/mol. The number of amides is 2. The molecule has 3 unspecified atom stereocenters. The van der Waals surface area contributed by atoms with E-state index in [2.05, 4.69) is 51.7 Å². The molecule has 8 nitrogen and oxygen atoms in total. The molecule has 3 aromatic rings. The third-order valence-corrected chi connectivity index (χ3v) is 9.27. The highest BCUT2D eigenvalue weighted by molar-refractivity contribution is 6.30. The highest BCUT2D eigenvalue weighted by atomic mass is 35.5. The smallest absolute Gasteiger partial charge is 0.245 e. The first-order chi connectivity index (χ1) is 21.4. The Morgan fingerprint density at radius 2 is 1.64 bits per heavy atom. The van der Waals surface area contributed by atoms with Gasteiger partial charge in [-0.1, -0.05) is 60.1 Å². The molecule has 3 heterocycles. The van der Waals surface area contributed by atoms with Gasteiger partial charge in [-0.05, 0) is 67.4 Å². The monoisotopic (exact) mass is 723 g/mol. The van der Waals surface area contributed by atoms with Gasteiger partial charge in [0.05, 0.1) is 5.69 Å². The minimum absolute atomic E-state index is 0. The van der Waals surface area contributed by atoms with Crippen LogP contribution in [0.25, 0.3) is 0 Å². The van der Waals surface area contributed by atoms with Crippen molar-refractivity contribution in [3.05, 3.63) is 94.5 Å². The number of para-hydroxylation sites is 2. The Morgan fingerprint density at radius 3 is 2.38 bits per heavy atom. The van der Waals surface area contributed by atoms with E-state index in [4.69, 9.17) is 16.3 Å². The van der Waals surface area contributed by atoms with Gasteiger partial charge < -0.3 is 30.1 Å². The lowest BCUT2D eigenvalue weighted by atomic mass is 10.0. The molecule has 47 heavy (non-hydrogen) atoms. The van der Waals surface area contributed by atoms with E-state index in [1.807, 2.05) is 53.4 Å². The number of fused-ring (bicyclic) bond motifs is 1. The van der Waals surface area contributed by atoms with Crippen molar-refractivity contribution in [3.63, 3.8) is 0 Å². The molecule has 3 atom stereocenters. The molecule has 2 N–H and O–H groups in total. The van der Waals surface area contributed by atoms with Crippen LogP contribution in [0.1, 0.15) is 42.0 Å². The molecule has 6 rings (SSSR count). The number of carbonyl (C=O) groups excluding carboxylic acids is 2. The highest BCUT2D eigenvalue weighted by Crippen LogP contribution is 2.31. The summed E-state index contributed by atoms with van der Waals surface area (Å²) in [7, 11) is 2.14. The van der Waals surface area contributed by atoms with Gasteiger partial charge in [-0.25, -0.2) is 0 Å². The van der Waals surface area contributed by atoms with Crippen LogP contribution in [0.15, 0.2) is 72.8 Å². The van der Waals surface area contributed by atoms with Crippen molar-refractivity contribution in [1.82, 2.24) is 20.4 Å². The average molecular weight is 726 g/mol. The lowest BCUT2D eigenvalue weighted by molar-refractivity contribution is -0.136. The van der Waals surface area contributed by atoms with Crippen LogP contribution in [0, 0.1) is 0 Å². The van der Waals surface area contributed by atoms with Crippen LogP contribution >= 0.6 is 48.8 Å². The molecule has 0 aliphatic carbocycles. The third kappa shape index (κ3) is 9.91. The van der Waals surface area contributed by atoms with Gasteiger partial charge in [-0.3, -0.25) is 9.59 Å². The summed E-state index contributed by atoms with van der Waals surface area (Å²) in [5.41, 5.74) is 4.40. The van der Waals surface area contributed by atoms with E-state index >= 15 is 0 Å². The second-order valence-electron chi connectivity index (χ2n) is 12.2. The molecule has 12 heteroatoms. The van der Waals surface area contributed by atoms with Gasteiger partial charge in [0.2, 0.25) is 11.8 Å². The van der Waals surface area contributed by atoms with Crippen molar-refractivity contribution in [2.75, 3.05) is 51.2 Å². The number of halogens is 4. The molecule has 3 aromatic carbocycles. The molecule has 2 fully saturated rings. The summed E-state index contributed by atoms with van der Waals surface area (Å²) in [6.07, 6.45) is 3.07. The van der Waals surface area contributed by atoms with Crippen molar-refractivity contribution in [3.8, 4) is 5.75 Å². The number of likely N-dealkylation sites (N-methyl/N-ethyl adjacent to an activating group) is 1. The lowest BCUT2D eigenvalue weighted by Gasteiger charge is -2.39. The molecule has 2 amide bonds. The van der Waals surface area contributed by atoms with E-state index in [1.165, 1.54) is 5.56 Å². The van der Waals surface area contributed by atoms with Gasteiger partial charge in [0.15, 0.2) is 0 Å². The summed E-state index contributed by atoms with van der Waals surface area (Å²) < 4.78 is 6.49. The van der Waals surface area contributed by atoms with Gasteiger partial charge in [-0.15, -0.1) is 37.2 Å². The Morgan fingerprint density at radius 1 is 0.936 bits per heavy atom. The number of nitrogens with one attached hydrogen (secondary N) is 2. The maximum absolute atomic E-state index is 14.0. The zero-order valence-electron chi connectivity index (χ0n) is 26.6. The van der Waals surface area contributed by atoms with Crippen molar-refractivity contribution < 1.29 is 14.3 Å². The highest BCUT2D eigenvalue weighted by Gasteiger charge is 2.31. The van der Waals surface area contributed by atoms with Crippen molar-refractivity contribution in [2.24, 2.45) is 0 Å². The largest absolute Gasteiger partial charge is 0.487 e. The van der Waals surface area contributed by atoms with Crippen molar-refractivity contribution in [2.45, 2.75) is 50.4 Å².